The van der Waals surface area contributed by atoms with Crippen LogP contribution in [0.4, 0.5) is 10.2 Å². The van der Waals surface area contributed by atoms with Gasteiger partial charge in [0.1, 0.15) is 23.1 Å². The molecule has 2 amide bonds. The topological polar surface area (TPSA) is 108 Å². The Morgan fingerprint density at radius 3 is 2.47 bits per heavy atom. The van der Waals surface area contributed by atoms with Crippen molar-refractivity contribution in [2.75, 3.05) is 25.0 Å². The van der Waals surface area contributed by atoms with E-state index in [9.17, 15) is 18.8 Å². The first-order chi connectivity index (χ1) is 17.3. The highest BCUT2D eigenvalue weighted by atomic mass is 19.1. The number of halogens is 1. The Balaban J connectivity index is 1.18. The molecule has 1 saturated heterocycles. The Bertz CT molecular complexity index is 1300. The molecule has 1 aromatic carbocycles. The molecule has 2 aromatic heterocycles. The molecule has 2 fully saturated rings. The third-order valence-electron chi connectivity index (χ3n) is 6.75. The minimum absolute atomic E-state index is 0.104. The fourth-order valence-corrected chi connectivity index (χ4v) is 4.48. The number of hydrogen-bond acceptors (Lipinski definition) is 6. The van der Waals surface area contributed by atoms with E-state index in [0.29, 0.717) is 42.5 Å². The summed E-state index contributed by atoms with van der Waals surface area (Å²) < 4.78 is 18.7. The lowest BCUT2D eigenvalue weighted by atomic mass is 10.1. The summed E-state index contributed by atoms with van der Waals surface area (Å²) in [5.41, 5.74) is -0.0719. The maximum absolute atomic E-state index is 13.0. The molecule has 1 atom stereocenters. The number of carbonyl (C=O) groups excluding carboxylic acids is 2. The summed E-state index contributed by atoms with van der Waals surface area (Å²) in [5.74, 6) is 0.703. The van der Waals surface area contributed by atoms with Crippen molar-refractivity contribution in [1.82, 2.24) is 19.8 Å². The third kappa shape index (κ3) is 4.99. The molecular formula is C26H26FN5O4. The zero-order valence-electron chi connectivity index (χ0n) is 19.7. The smallest absolute Gasteiger partial charge is 0.255 e. The van der Waals surface area contributed by atoms with Crippen LogP contribution in [0, 0.1) is 5.82 Å². The Hall–Kier alpha value is -4.05. The van der Waals surface area contributed by atoms with E-state index in [1.54, 1.807) is 18.2 Å². The molecule has 1 unspecified atom stereocenters. The maximum Gasteiger partial charge on any atom is 0.255 e. The number of ether oxygens (including phenoxy) is 1. The summed E-state index contributed by atoms with van der Waals surface area (Å²) >= 11 is 0. The number of benzene rings is 1. The number of hydrogen-bond donors (Lipinski definition) is 2. The van der Waals surface area contributed by atoms with E-state index in [-0.39, 0.29) is 28.7 Å². The molecule has 1 spiro atoms. The quantitative estimate of drug-likeness (QED) is 0.549. The first-order valence-corrected chi connectivity index (χ1v) is 11.8. The molecule has 1 aliphatic heterocycles. The minimum Gasteiger partial charge on any atom is -0.456 e. The number of carbonyl (C=O) groups is 2. The average molecular weight is 492 g/mol. The lowest BCUT2D eigenvalue weighted by Crippen LogP contribution is -2.60. The van der Waals surface area contributed by atoms with Gasteiger partial charge in [0.05, 0.1) is 23.3 Å². The number of amides is 2. The monoisotopic (exact) mass is 491 g/mol. The second-order valence-electron chi connectivity index (χ2n) is 9.19. The number of aromatic amines is 1. The zero-order valence-corrected chi connectivity index (χ0v) is 19.7. The molecule has 1 saturated carbocycles. The molecule has 2 aliphatic rings. The number of aromatic nitrogens is 2. The second kappa shape index (κ2) is 9.54. The van der Waals surface area contributed by atoms with E-state index in [4.69, 9.17) is 4.74 Å². The van der Waals surface area contributed by atoms with E-state index in [0.717, 1.165) is 12.8 Å². The molecule has 0 bridgehead atoms. The molecule has 36 heavy (non-hydrogen) atoms. The van der Waals surface area contributed by atoms with Gasteiger partial charge in [0, 0.05) is 31.9 Å². The van der Waals surface area contributed by atoms with Gasteiger partial charge in [-0.25, -0.2) is 9.37 Å². The largest absolute Gasteiger partial charge is 0.456 e. The molecular weight excluding hydrogens is 465 g/mol. The molecule has 10 heteroatoms. The maximum atomic E-state index is 13.0. The third-order valence-corrected chi connectivity index (χ3v) is 6.75. The van der Waals surface area contributed by atoms with Crippen LogP contribution in [-0.4, -0.2) is 62.8 Å². The van der Waals surface area contributed by atoms with Crippen molar-refractivity contribution < 1.29 is 18.7 Å². The van der Waals surface area contributed by atoms with Gasteiger partial charge in [-0.1, -0.05) is 0 Å². The first kappa shape index (κ1) is 23.7. The van der Waals surface area contributed by atoms with Gasteiger partial charge in [-0.3, -0.25) is 19.3 Å². The normalized spacial score (nSPS) is 17.4. The highest BCUT2D eigenvalue weighted by Crippen LogP contribution is 2.45. The van der Waals surface area contributed by atoms with Crippen LogP contribution in [0.3, 0.4) is 0 Å². The molecule has 3 aromatic rings. The van der Waals surface area contributed by atoms with Gasteiger partial charge in [-0.15, -0.1) is 0 Å². The number of nitrogens with one attached hydrogen (secondary N) is 2. The standard InChI is InChI=1S/C26H26FN5O4/c1-17(24(34)30-22-8-7-21(15-28-22)36-20-5-3-19(27)4-6-20)31-12-13-32(26(16-31)10-11-26)25(35)18-2-9-23(33)29-14-18/h2-9,14-15,17H,10-13,16H2,1H3,(H,29,33)(H,28,30,34). The van der Waals surface area contributed by atoms with Crippen LogP contribution in [0.15, 0.2) is 65.7 Å². The van der Waals surface area contributed by atoms with E-state index in [1.165, 1.54) is 42.7 Å². The zero-order chi connectivity index (χ0) is 25.3. The van der Waals surface area contributed by atoms with E-state index in [1.807, 2.05) is 11.8 Å². The van der Waals surface area contributed by atoms with Crippen LogP contribution in [-0.2, 0) is 4.79 Å². The number of H-pyrrole nitrogens is 1. The second-order valence-corrected chi connectivity index (χ2v) is 9.19. The Labute approximate surface area is 206 Å². The summed E-state index contributed by atoms with van der Waals surface area (Å²) in [5, 5.41) is 2.84. The Kier molecular flexibility index (Phi) is 6.27. The van der Waals surface area contributed by atoms with Gasteiger partial charge in [-0.05, 0) is 62.2 Å². The lowest BCUT2D eigenvalue weighted by Gasteiger charge is -2.44. The summed E-state index contributed by atoms with van der Waals surface area (Å²) in [6.45, 7) is 3.51. The van der Waals surface area contributed by atoms with Crippen LogP contribution in [0.5, 0.6) is 11.5 Å². The van der Waals surface area contributed by atoms with Gasteiger partial charge in [0.2, 0.25) is 11.5 Å². The molecule has 1 aliphatic carbocycles. The average Bonchev–Trinajstić information content (AvgIpc) is 3.65. The number of nitrogens with zero attached hydrogens (tertiary/aromatic N) is 3. The van der Waals surface area contributed by atoms with Crippen molar-refractivity contribution in [3.8, 4) is 11.5 Å². The number of rotatable bonds is 6. The van der Waals surface area contributed by atoms with Crippen LogP contribution in [0.25, 0.3) is 0 Å². The molecule has 3 heterocycles. The van der Waals surface area contributed by atoms with Crippen molar-refractivity contribution in [1.29, 1.82) is 0 Å². The van der Waals surface area contributed by atoms with Crippen LogP contribution < -0.4 is 15.6 Å². The van der Waals surface area contributed by atoms with Gasteiger partial charge >= 0.3 is 0 Å². The molecule has 0 radical (unpaired) electrons. The van der Waals surface area contributed by atoms with Gasteiger partial charge < -0.3 is 19.9 Å². The Morgan fingerprint density at radius 1 is 1.08 bits per heavy atom. The van der Waals surface area contributed by atoms with E-state index < -0.39 is 6.04 Å². The SMILES string of the molecule is CC(C(=O)Nc1ccc(Oc2ccc(F)cc2)cn1)N1CCN(C(=O)c2ccc(=O)[nH]c2)C2(CC2)C1. The van der Waals surface area contributed by atoms with Gasteiger partial charge in [0.25, 0.3) is 5.91 Å². The molecule has 5 rings (SSSR count). The Morgan fingerprint density at radius 2 is 1.83 bits per heavy atom. The van der Waals surface area contributed by atoms with Crippen molar-refractivity contribution in [2.45, 2.75) is 31.3 Å². The van der Waals surface area contributed by atoms with Gasteiger partial charge in [-0.2, -0.15) is 0 Å². The first-order valence-electron chi connectivity index (χ1n) is 11.8. The van der Waals surface area contributed by atoms with Crippen LogP contribution in [0.1, 0.15) is 30.1 Å². The lowest BCUT2D eigenvalue weighted by molar-refractivity contribution is -0.121. The van der Waals surface area contributed by atoms with Crippen LogP contribution >= 0.6 is 0 Å². The van der Waals surface area contributed by atoms with E-state index >= 15 is 0 Å². The summed E-state index contributed by atoms with van der Waals surface area (Å²) in [7, 11) is 0. The molecule has 186 valence electrons. The van der Waals surface area contributed by atoms with Crippen molar-refractivity contribution in [2.24, 2.45) is 0 Å². The summed E-state index contributed by atoms with van der Waals surface area (Å²) in [4.78, 5) is 48.1. The number of pyridine rings is 2. The predicted octanol–water partition coefficient (Wildman–Crippen LogP) is 3.02. The van der Waals surface area contributed by atoms with Crippen molar-refractivity contribution >= 4 is 17.6 Å². The van der Waals surface area contributed by atoms with E-state index in [2.05, 4.69) is 20.2 Å². The van der Waals surface area contributed by atoms with Crippen molar-refractivity contribution in [3.63, 3.8) is 0 Å². The highest BCUT2D eigenvalue weighted by Gasteiger charge is 2.54. The minimum atomic E-state index is -0.412. The molecule has 2 N–H and O–H groups in total. The highest BCUT2D eigenvalue weighted by molar-refractivity contribution is 5.95. The van der Waals surface area contributed by atoms with Gasteiger partial charge in [0.15, 0.2) is 0 Å². The number of piperazine rings is 1. The van der Waals surface area contributed by atoms with Crippen LogP contribution in [0.2, 0.25) is 0 Å². The summed E-state index contributed by atoms with van der Waals surface area (Å²) in [6, 6.07) is 11.5. The summed E-state index contributed by atoms with van der Waals surface area (Å²) in [6.07, 6.45) is 4.70. The van der Waals surface area contributed by atoms with Crippen molar-refractivity contribution in [3.05, 3.63) is 82.7 Å². The molecule has 9 nitrogen and oxygen atoms in total. The predicted molar refractivity (Wildman–Crippen MR) is 130 cm³/mol. The fourth-order valence-electron chi connectivity index (χ4n) is 4.48. The number of anilines is 1. The fraction of sp³-hybridized carbons (Fsp3) is 0.308.